The van der Waals surface area contributed by atoms with E-state index in [1.54, 1.807) is 30.3 Å². The molecule has 172 valence electrons. The minimum absolute atomic E-state index is 0.0139. The summed E-state index contributed by atoms with van der Waals surface area (Å²) in [5.74, 6) is -1.75. The van der Waals surface area contributed by atoms with Gasteiger partial charge in [0, 0.05) is 10.9 Å². The number of aromatic nitrogens is 2. The Morgan fingerprint density at radius 2 is 1.80 bits per heavy atom. The zero-order valence-electron chi connectivity index (χ0n) is 18.4. The first kappa shape index (κ1) is 21.0. The van der Waals surface area contributed by atoms with Gasteiger partial charge in [0.05, 0.1) is 21.5 Å². The second-order valence-electron chi connectivity index (χ2n) is 8.23. The van der Waals surface area contributed by atoms with Gasteiger partial charge >= 0.3 is 0 Å². The number of para-hydroxylation sites is 1. The number of nitrogens with zero attached hydrogens (tertiary/aromatic N) is 2. The van der Waals surface area contributed by atoms with Crippen LogP contribution in [0.1, 0.15) is 21.7 Å². The summed E-state index contributed by atoms with van der Waals surface area (Å²) in [6.45, 7) is 1.97. The number of furan rings is 1. The molecule has 3 heterocycles. The van der Waals surface area contributed by atoms with Gasteiger partial charge in [-0.25, -0.2) is 4.98 Å². The van der Waals surface area contributed by atoms with Crippen LogP contribution >= 0.6 is 11.3 Å². The molecule has 0 bridgehead atoms. The highest BCUT2D eigenvalue weighted by Crippen LogP contribution is 2.46. The Morgan fingerprint density at radius 3 is 2.60 bits per heavy atom. The fourth-order valence-electron chi connectivity index (χ4n) is 4.21. The minimum Gasteiger partial charge on any atom is -0.508 e. The van der Waals surface area contributed by atoms with Crippen molar-refractivity contribution < 1.29 is 24.5 Å². The van der Waals surface area contributed by atoms with Gasteiger partial charge in [-0.2, -0.15) is 0 Å². The van der Waals surface area contributed by atoms with Gasteiger partial charge in [0.25, 0.3) is 0 Å². The topological polar surface area (TPSA) is 109 Å². The molecule has 0 amide bonds. The molecule has 0 saturated carbocycles. The number of thiazole rings is 1. The molecule has 3 N–H and O–H groups in total. The first-order valence-electron chi connectivity index (χ1n) is 10.8. The van der Waals surface area contributed by atoms with Crippen LogP contribution in [0.2, 0.25) is 0 Å². The zero-order valence-corrected chi connectivity index (χ0v) is 19.2. The van der Waals surface area contributed by atoms with Crippen LogP contribution in [0.5, 0.6) is 17.4 Å². The van der Waals surface area contributed by atoms with Crippen LogP contribution in [0.25, 0.3) is 37.6 Å². The molecule has 0 unspecified atom stereocenters. The monoisotopic (exact) mass is 482 g/mol. The van der Waals surface area contributed by atoms with Gasteiger partial charge in [0.15, 0.2) is 16.6 Å². The molecule has 0 spiro atoms. The number of carbonyl (C=O) groups excluding carboxylic acids is 1. The van der Waals surface area contributed by atoms with Crippen molar-refractivity contribution in [2.24, 2.45) is 0 Å². The van der Waals surface area contributed by atoms with Gasteiger partial charge in [0.2, 0.25) is 11.7 Å². The van der Waals surface area contributed by atoms with Crippen molar-refractivity contribution >= 4 is 38.3 Å². The second-order valence-corrected chi connectivity index (χ2v) is 9.24. The lowest BCUT2D eigenvalue weighted by Crippen LogP contribution is -2.04. The van der Waals surface area contributed by atoms with E-state index in [4.69, 9.17) is 4.42 Å². The van der Waals surface area contributed by atoms with Crippen LogP contribution < -0.4 is 0 Å². The van der Waals surface area contributed by atoms with Gasteiger partial charge in [-0.15, -0.1) is 0 Å². The number of carbonyl (C=O) groups is 1. The number of aryl methyl sites for hydroxylation is 1. The molecular weight excluding hydrogens is 464 g/mol. The van der Waals surface area contributed by atoms with E-state index in [0.29, 0.717) is 16.3 Å². The van der Waals surface area contributed by atoms with Gasteiger partial charge in [-0.1, -0.05) is 47.7 Å². The molecule has 0 saturated heterocycles. The van der Waals surface area contributed by atoms with Crippen LogP contribution in [0.3, 0.4) is 0 Å². The van der Waals surface area contributed by atoms with Gasteiger partial charge < -0.3 is 19.7 Å². The molecule has 3 aromatic heterocycles. The molecule has 0 aliphatic heterocycles. The second kappa shape index (κ2) is 7.75. The maximum atomic E-state index is 13.7. The van der Waals surface area contributed by atoms with E-state index >= 15 is 0 Å². The molecule has 8 heteroatoms. The Kier molecular flexibility index (Phi) is 4.65. The van der Waals surface area contributed by atoms with Crippen LogP contribution in [0.4, 0.5) is 0 Å². The van der Waals surface area contributed by atoms with Crippen LogP contribution in [0, 0.1) is 6.92 Å². The number of phenolic OH excluding ortho intramolecular Hbond substituents is 1. The fourth-order valence-corrected chi connectivity index (χ4v) is 5.28. The van der Waals surface area contributed by atoms with E-state index in [-0.39, 0.29) is 22.8 Å². The van der Waals surface area contributed by atoms with E-state index in [9.17, 15) is 20.1 Å². The van der Waals surface area contributed by atoms with Crippen LogP contribution in [-0.4, -0.2) is 30.7 Å². The SMILES string of the molecule is Cc1ccc2nc(-n3c(O)c(O)c(C(=O)c4cc5ccccc5o4)c3-c3cccc(O)c3)sc2c1. The normalized spacial score (nSPS) is 11.5. The van der Waals surface area contributed by atoms with Crippen molar-refractivity contribution in [2.75, 3.05) is 0 Å². The van der Waals surface area contributed by atoms with Gasteiger partial charge in [-0.05, 0) is 48.9 Å². The lowest BCUT2D eigenvalue weighted by Gasteiger charge is -2.09. The van der Waals surface area contributed by atoms with Crippen LogP contribution in [0.15, 0.2) is 77.2 Å². The van der Waals surface area contributed by atoms with Gasteiger partial charge in [-0.3, -0.25) is 9.36 Å². The molecule has 6 rings (SSSR count). The summed E-state index contributed by atoms with van der Waals surface area (Å²) in [5, 5.41) is 33.3. The summed E-state index contributed by atoms with van der Waals surface area (Å²) < 4.78 is 7.98. The first-order valence-corrected chi connectivity index (χ1v) is 11.6. The molecule has 0 radical (unpaired) electrons. The summed E-state index contributed by atoms with van der Waals surface area (Å²) in [5.41, 5.74) is 2.76. The number of aromatic hydroxyl groups is 3. The third kappa shape index (κ3) is 3.34. The number of ketones is 1. The van der Waals surface area contributed by atoms with E-state index in [1.165, 1.54) is 28.0 Å². The number of rotatable bonds is 4. The largest absolute Gasteiger partial charge is 0.508 e. The molecule has 35 heavy (non-hydrogen) atoms. The molecule has 3 aromatic carbocycles. The van der Waals surface area contributed by atoms with Crippen molar-refractivity contribution in [1.82, 2.24) is 9.55 Å². The molecule has 7 nitrogen and oxygen atoms in total. The van der Waals surface area contributed by atoms with Crippen molar-refractivity contribution in [3.63, 3.8) is 0 Å². The van der Waals surface area contributed by atoms with Crippen molar-refractivity contribution in [3.8, 4) is 33.8 Å². The maximum absolute atomic E-state index is 13.7. The number of phenols is 1. The van der Waals surface area contributed by atoms with Crippen molar-refractivity contribution in [1.29, 1.82) is 0 Å². The quantitative estimate of drug-likeness (QED) is 0.260. The third-order valence-electron chi connectivity index (χ3n) is 5.84. The Labute approximate surface area is 202 Å². The molecule has 0 atom stereocenters. The van der Waals surface area contributed by atoms with Crippen molar-refractivity contribution in [2.45, 2.75) is 6.92 Å². The predicted octanol–water partition coefficient (Wildman–Crippen LogP) is 6.16. The molecule has 6 aromatic rings. The third-order valence-corrected chi connectivity index (χ3v) is 6.84. The minimum atomic E-state index is -0.608. The van der Waals surface area contributed by atoms with E-state index < -0.39 is 17.4 Å². The Bertz CT molecular complexity index is 1740. The lowest BCUT2D eigenvalue weighted by atomic mass is 10.0. The fraction of sp³-hybridized carbons (Fsp3) is 0.0370. The summed E-state index contributed by atoms with van der Waals surface area (Å²) in [6, 6.07) is 20.8. The standard InChI is InChI=1S/C27H18N2O5S/c1-14-9-10-18-21(11-14)35-27(28-18)29-23(16-6-4-7-17(30)12-16)22(25(32)26(29)33)24(31)20-13-15-5-2-3-8-19(15)34-20/h2-13,30,32-33H,1H3. The first-order chi connectivity index (χ1) is 16.9. The number of fused-ring (bicyclic) bond motifs is 2. The summed E-state index contributed by atoms with van der Waals surface area (Å²) in [4.78, 5) is 18.3. The zero-order chi connectivity index (χ0) is 24.3. The summed E-state index contributed by atoms with van der Waals surface area (Å²) >= 11 is 1.31. The molecule has 0 aliphatic rings. The van der Waals surface area contributed by atoms with Crippen molar-refractivity contribution in [3.05, 3.63) is 89.7 Å². The van der Waals surface area contributed by atoms with E-state index in [0.717, 1.165) is 21.2 Å². The highest BCUT2D eigenvalue weighted by atomic mass is 32.1. The number of hydrogen-bond acceptors (Lipinski definition) is 7. The number of benzene rings is 3. The molecule has 0 fully saturated rings. The Balaban J connectivity index is 1.63. The molecule has 0 aliphatic carbocycles. The Hall–Kier alpha value is -4.56. The average molecular weight is 483 g/mol. The smallest absolute Gasteiger partial charge is 0.242 e. The van der Waals surface area contributed by atoms with E-state index in [2.05, 4.69) is 4.98 Å². The summed E-state index contributed by atoms with van der Waals surface area (Å²) in [6.07, 6.45) is 0. The summed E-state index contributed by atoms with van der Waals surface area (Å²) in [7, 11) is 0. The molecular formula is C27H18N2O5S. The van der Waals surface area contributed by atoms with Crippen LogP contribution in [-0.2, 0) is 0 Å². The Morgan fingerprint density at radius 1 is 0.971 bits per heavy atom. The predicted molar refractivity (Wildman–Crippen MR) is 134 cm³/mol. The van der Waals surface area contributed by atoms with E-state index in [1.807, 2.05) is 37.3 Å². The average Bonchev–Trinajstić information content (AvgIpc) is 3.52. The maximum Gasteiger partial charge on any atom is 0.242 e. The lowest BCUT2D eigenvalue weighted by molar-refractivity contribution is 0.101. The van der Waals surface area contributed by atoms with Gasteiger partial charge in [0.1, 0.15) is 11.3 Å². The highest BCUT2D eigenvalue weighted by Gasteiger charge is 2.32. The highest BCUT2D eigenvalue weighted by molar-refractivity contribution is 7.20. The number of hydrogen-bond donors (Lipinski definition) is 3.